The first-order valence-electron chi connectivity index (χ1n) is 5.57. The van der Waals surface area contributed by atoms with Crippen molar-refractivity contribution in [3.8, 4) is 0 Å². The molecule has 2 rings (SSSR count). The molecule has 18 heavy (non-hydrogen) atoms. The smallest absolute Gasteiger partial charge is 0.282 e. The van der Waals surface area contributed by atoms with E-state index in [9.17, 15) is 13.0 Å². The average Bonchev–Trinajstić information content (AvgIpc) is 2.24. The summed E-state index contributed by atoms with van der Waals surface area (Å²) in [6, 6.07) is 6.45. The quantitative estimate of drug-likeness (QED) is 0.805. The van der Waals surface area contributed by atoms with Crippen LogP contribution >= 0.6 is 0 Å². The molecule has 0 aliphatic rings. The van der Waals surface area contributed by atoms with Crippen LogP contribution < -0.4 is 0 Å². The molecule has 0 spiro atoms. The molecule has 1 aromatic heterocycles. The number of aromatic nitrogens is 1. The lowest BCUT2D eigenvalue weighted by atomic mass is 9.85. The number of hydrogen-bond acceptors (Lipinski definition) is 3. The van der Waals surface area contributed by atoms with Gasteiger partial charge in [0.25, 0.3) is 10.1 Å². The van der Waals surface area contributed by atoms with Crippen molar-refractivity contribution >= 4 is 21.0 Å². The molecule has 0 bridgehead atoms. The van der Waals surface area contributed by atoms with Crippen LogP contribution in [0.5, 0.6) is 0 Å². The van der Waals surface area contributed by atoms with Gasteiger partial charge in [-0.25, -0.2) is 0 Å². The first-order valence-corrected chi connectivity index (χ1v) is 7.01. The fraction of sp³-hybridized carbons (Fsp3) is 0.308. The van der Waals surface area contributed by atoms with Crippen LogP contribution in [-0.2, 0) is 15.5 Å². The second-order valence-corrected chi connectivity index (χ2v) is 6.63. The fourth-order valence-electron chi connectivity index (χ4n) is 1.98. The van der Waals surface area contributed by atoms with E-state index in [0.29, 0.717) is 10.9 Å². The van der Waals surface area contributed by atoms with E-state index in [1.807, 2.05) is 20.8 Å². The van der Waals surface area contributed by atoms with E-state index in [4.69, 9.17) is 0 Å². The molecular formula is C13H15NO3S. The second-order valence-electron chi connectivity index (χ2n) is 5.24. The highest BCUT2D eigenvalue weighted by Gasteiger charge is 2.22. The van der Waals surface area contributed by atoms with Crippen molar-refractivity contribution in [2.24, 2.45) is 0 Å². The Morgan fingerprint density at radius 2 is 1.83 bits per heavy atom. The van der Waals surface area contributed by atoms with E-state index in [-0.39, 0.29) is 10.3 Å². The van der Waals surface area contributed by atoms with Gasteiger partial charge in [0.2, 0.25) is 0 Å². The van der Waals surface area contributed by atoms with Crippen molar-refractivity contribution in [1.29, 1.82) is 0 Å². The van der Waals surface area contributed by atoms with Gasteiger partial charge in [-0.2, -0.15) is 8.42 Å². The number of rotatable bonds is 1. The van der Waals surface area contributed by atoms with Gasteiger partial charge in [0.15, 0.2) is 0 Å². The highest BCUT2D eigenvalue weighted by molar-refractivity contribution is 7.86. The van der Waals surface area contributed by atoms with Gasteiger partial charge >= 0.3 is 0 Å². The Morgan fingerprint density at radius 3 is 2.39 bits per heavy atom. The molecule has 0 amide bonds. The third kappa shape index (κ3) is 2.23. The van der Waals surface area contributed by atoms with E-state index in [1.54, 1.807) is 24.4 Å². The van der Waals surface area contributed by atoms with Gasteiger partial charge in [-0.1, -0.05) is 26.8 Å². The summed E-state index contributed by atoms with van der Waals surface area (Å²) in [5, 5.41) is 0.451. The maximum Gasteiger partial charge on any atom is 0.295 e. The SMILES string of the molecule is CC(C)(C)c1ccc(S(=O)(=O)O)c2cccnc12. The van der Waals surface area contributed by atoms with Crippen LogP contribution in [0.15, 0.2) is 35.4 Å². The zero-order valence-corrected chi connectivity index (χ0v) is 11.3. The summed E-state index contributed by atoms with van der Waals surface area (Å²) in [5.74, 6) is 0. The highest BCUT2D eigenvalue weighted by Crippen LogP contribution is 2.31. The molecule has 0 radical (unpaired) electrons. The summed E-state index contributed by atoms with van der Waals surface area (Å²) < 4.78 is 31.9. The highest BCUT2D eigenvalue weighted by atomic mass is 32.2. The molecule has 0 aliphatic carbocycles. The van der Waals surface area contributed by atoms with Crippen LogP contribution in [0.1, 0.15) is 26.3 Å². The molecule has 0 fully saturated rings. The molecule has 0 aliphatic heterocycles. The Kier molecular flexibility index (Phi) is 2.91. The van der Waals surface area contributed by atoms with Crippen molar-refractivity contribution in [3.63, 3.8) is 0 Å². The molecule has 0 unspecified atom stereocenters. The van der Waals surface area contributed by atoms with E-state index in [2.05, 4.69) is 4.98 Å². The van der Waals surface area contributed by atoms with Crippen LogP contribution in [0.2, 0.25) is 0 Å². The third-order valence-corrected chi connectivity index (χ3v) is 3.73. The summed E-state index contributed by atoms with van der Waals surface area (Å²) in [6.45, 7) is 6.09. The monoisotopic (exact) mass is 265 g/mol. The Balaban J connectivity index is 2.92. The molecular weight excluding hydrogens is 250 g/mol. The first-order chi connectivity index (χ1) is 8.21. The molecule has 96 valence electrons. The van der Waals surface area contributed by atoms with Gasteiger partial charge in [0, 0.05) is 11.6 Å². The van der Waals surface area contributed by atoms with Crippen LogP contribution in [0.25, 0.3) is 10.9 Å². The van der Waals surface area contributed by atoms with Gasteiger partial charge in [-0.05, 0) is 29.2 Å². The zero-order chi connectivity index (χ0) is 13.6. The Bertz CT molecular complexity index is 700. The molecule has 0 saturated heterocycles. The standard InChI is InChI=1S/C13H15NO3S/c1-13(2,3)10-6-7-11(18(15,16)17)9-5-4-8-14-12(9)10/h4-8H,1-3H3,(H,15,16,17). The normalized spacial score (nSPS) is 12.9. The predicted molar refractivity (Wildman–Crippen MR) is 70.3 cm³/mol. The van der Waals surface area contributed by atoms with Crippen molar-refractivity contribution < 1.29 is 13.0 Å². The average molecular weight is 265 g/mol. The van der Waals surface area contributed by atoms with Crippen LogP contribution in [0, 0.1) is 0 Å². The summed E-state index contributed by atoms with van der Waals surface area (Å²) in [4.78, 5) is 4.15. The van der Waals surface area contributed by atoms with Crippen LogP contribution in [0.3, 0.4) is 0 Å². The number of fused-ring (bicyclic) bond motifs is 1. The van der Waals surface area contributed by atoms with Crippen molar-refractivity contribution in [3.05, 3.63) is 36.0 Å². The van der Waals surface area contributed by atoms with Crippen molar-refractivity contribution in [2.45, 2.75) is 31.1 Å². The minimum Gasteiger partial charge on any atom is -0.282 e. The number of nitrogens with zero attached hydrogens (tertiary/aromatic N) is 1. The Labute approximate surface area is 106 Å². The predicted octanol–water partition coefficient (Wildman–Crippen LogP) is 2.78. The molecule has 0 atom stereocenters. The molecule has 0 saturated carbocycles. The fourth-order valence-corrected chi connectivity index (χ4v) is 2.66. The summed E-state index contributed by atoms with van der Waals surface area (Å²) in [6.07, 6.45) is 1.62. The maximum atomic E-state index is 11.3. The van der Waals surface area contributed by atoms with Gasteiger partial charge in [-0.3, -0.25) is 9.54 Å². The Hall–Kier alpha value is -1.46. The molecule has 5 heteroatoms. The molecule has 1 N–H and O–H groups in total. The first kappa shape index (κ1) is 13.0. The lowest BCUT2D eigenvalue weighted by Crippen LogP contribution is -2.13. The minimum atomic E-state index is -4.23. The third-order valence-electron chi connectivity index (χ3n) is 2.82. The Morgan fingerprint density at radius 1 is 1.17 bits per heavy atom. The number of hydrogen-bond donors (Lipinski definition) is 1. The van der Waals surface area contributed by atoms with E-state index >= 15 is 0 Å². The lowest BCUT2D eigenvalue weighted by molar-refractivity contribution is 0.484. The molecule has 2 aromatic rings. The van der Waals surface area contributed by atoms with Crippen LogP contribution in [-0.4, -0.2) is 18.0 Å². The molecule has 4 nitrogen and oxygen atoms in total. The summed E-state index contributed by atoms with van der Waals surface area (Å²) in [5.41, 5.74) is 1.41. The van der Waals surface area contributed by atoms with Crippen molar-refractivity contribution in [2.75, 3.05) is 0 Å². The van der Waals surface area contributed by atoms with Gasteiger partial charge < -0.3 is 0 Å². The topological polar surface area (TPSA) is 67.3 Å². The minimum absolute atomic E-state index is 0.0985. The number of pyridine rings is 1. The molecule has 1 heterocycles. The zero-order valence-electron chi connectivity index (χ0n) is 10.5. The van der Waals surface area contributed by atoms with Crippen molar-refractivity contribution in [1.82, 2.24) is 4.98 Å². The summed E-state index contributed by atoms with van der Waals surface area (Å²) >= 11 is 0. The lowest BCUT2D eigenvalue weighted by Gasteiger charge is -2.21. The van der Waals surface area contributed by atoms with Gasteiger partial charge in [0.05, 0.1) is 5.52 Å². The van der Waals surface area contributed by atoms with Gasteiger partial charge in [0.1, 0.15) is 4.90 Å². The van der Waals surface area contributed by atoms with E-state index in [0.717, 1.165) is 5.56 Å². The summed E-state index contributed by atoms with van der Waals surface area (Å²) in [7, 11) is -4.23. The second kappa shape index (κ2) is 4.03. The van der Waals surface area contributed by atoms with Crippen LogP contribution in [0.4, 0.5) is 0 Å². The number of benzene rings is 1. The van der Waals surface area contributed by atoms with E-state index in [1.165, 1.54) is 6.07 Å². The van der Waals surface area contributed by atoms with E-state index < -0.39 is 10.1 Å². The molecule has 1 aromatic carbocycles. The maximum absolute atomic E-state index is 11.3. The van der Waals surface area contributed by atoms with Gasteiger partial charge in [-0.15, -0.1) is 0 Å². The largest absolute Gasteiger partial charge is 0.295 e.